The van der Waals surface area contributed by atoms with Crippen molar-refractivity contribution in [3.8, 4) is 0 Å². The van der Waals surface area contributed by atoms with Crippen LogP contribution in [0.15, 0.2) is 23.2 Å². The van der Waals surface area contributed by atoms with Crippen LogP contribution in [0.5, 0.6) is 0 Å². The molecule has 0 aliphatic heterocycles. The Morgan fingerprint density at radius 1 is 1.55 bits per heavy atom. The molecule has 1 N–H and O–H groups in total. The average molecular weight is 281 g/mol. The van der Waals surface area contributed by atoms with Crippen molar-refractivity contribution in [1.29, 1.82) is 0 Å². The maximum absolute atomic E-state index is 11.8. The fraction of sp³-hybridized carbons (Fsp3) is 0.462. The average Bonchev–Trinajstić information content (AvgIpc) is 2.75. The summed E-state index contributed by atoms with van der Waals surface area (Å²) in [5, 5.41) is 6.25. The molecular formula is C13H19N3O4. The van der Waals surface area contributed by atoms with E-state index in [1.165, 1.54) is 0 Å². The molecule has 1 aromatic rings. The molecule has 0 spiro atoms. The Labute approximate surface area is 117 Å². The van der Waals surface area contributed by atoms with E-state index in [9.17, 15) is 9.59 Å². The predicted molar refractivity (Wildman–Crippen MR) is 73.1 cm³/mol. The normalized spacial score (nSPS) is 10.3. The van der Waals surface area contributed by atoms with Crippen LogP contribution in [0.1, 0.15) is 12.7 Å². The van der Waals surface area contributed by atoms with Gasteiger partial charge in [0, 0.05) is 12.6 Å². The van der Waals surface area contributed by atoms with E-state index < -0.39 is 0 Å². The molecule has 20 heavy (non-hydrogen) atoms. The molecule has 1 aromatic heterocycles. The molecule has 0 fully saturated rings. The molecule has 0 unspecified atom stereocenters. The van der Waals surface area contributed by atoms with Gasteiger partial charge in [0.25, 0.3) is 0 Å². The first-order valence-corrected chi connectivity index (χ1v) is 6.27. The number of hydrogen-bond donors (Lipinski definition) is 1. The minimum Gasteiger partial charge on any atom is -0.465 e. The molecule has 1 amide bonds. The quantitative estimate of drug-likeness (QED) is 0.564. The molecule has 110 valence electrons. The number of nitrogens with zero attached hydrogens (tertiary/aromatic N) is 2. The van der Waals surface area contributed by atoms with Crippen molar-refractivity contribution in [1.82, 2.24) is 10.1 Å². The maximum atomic E-state index is 11.8. The SMILES string of the molecule is C=CCN(CC(=O)Nc1cc(C)on1)CC(=O)OCC. The molecule has 7 heteroatoms. The number of nitrogens with one attached hydrogen (secondary N) is 1. The molecule has 1 heterocycles. The number of esters is 1. The highest BCUT2D eigenvalue weighted by atomic mass is 16.5. The van der Waals surface area contributed by atoms with E-state index in [4.69, 9.17) is 9.26 Å². The molecule has 0 bridgehead atoms. The summed E-state index contributed by atoms with van der Waals surface area (Å²) in [7, 11) is 0. The zero-order valence-corrected chi connectivity index (χ0v) is 11.7. The van der Waals surface area contributed by atoms with Gasteiger partial charge in [-0.15, -0.1) is 6.58 Å². The van der Waals surface area contributed by atoms with Gasteiger partial charge in [0.1, 0.15) is 5.76 Å². The second-order valence-electron chi connectivity index (χ2n) is 4.13. The summed E-state index contributed by atoms with van der Waals surface area (Å²) >= 11 is 0. The number of aryl methyl sites for hydroxylation is 1. The van der Waals surface area contributed by atoms with E-state index in [0.29, 0.717) is 24.7 Å². The largest absolute Gasteiger partial charge is 0.465 e. The minimum absolute atomic E-state index is 0.0329. The van der Waals surface area contributed by atoms with Gasteiger partial charge in [-0.3, -0.25) is 14.5 Å². The third kappa shape index (κ3) is 5.66. The summed E-state index contributed by atoms with van der Waals surface area (Å²) in [5.41, 5.74) is 0. The van der Waals surface area contributed by atoms with Crippen molar-refractivity contribution in [2.45, 2.75) is 13.8 Å². The van der Waals surface area contributed by atoms with Gasteiger partial charge in [0.05, 0.1) is 19.7 Å². The van der Waals surface area contributed by atoms with Gasteiger partial charge in [0.2, 0.25) is 5.91 Å². The number of carbonyl (C=O) groups is 2. The van der Waals surface area contributed by atoms with E-state index in [1.807, 2.05) is 0 Å². The lowest BCUT2D eigenvalue weighted by molar-refractivity contribution is -0.144. The van der Waals surface area contributed by atoms with Crippen LogP contribution < -0.4 is 5.32 Å². The molecular weight excluding hydrogens is 262 g/mol. The predicted octanol–water partition coefficient (Wildman–Crippen LogP) is 0.973. The number of ether oxygens (including phenoxy) is 1. The first-order valence-electron chi connectivity index (χ1n) is 6.27. The van der Waals surface area contributed by atoms with E-state index >= 15 is 0 Å². The number of carbonyl (C=O) groups excluding carboxylic acids is 2. The molecule has 1 rings (SSSR count). The second-order valence-corrected chi connectivity index (χ2v) is 4.13. The van der Waals surface area contributed by atoms with Crippen LogP contribution in [-0.2, 0) is 14.3 Å². The lowest BCUT2D eigenvalue weighted by Gasteiger charge is -2.18. The van der Waals surface area contributed by atoms with Crippen molar-refractivity contribution in [2.24, 2.45) is 0 Å². The van der Waals surface area contributed by atoms with Gasteiger partial charge < -0.3 is 14.6 Å². The van der Waals surface area contributed by atoms with Crippen LogP contribution in [-0.4, -0.2) is 48.2 Å². The Morgan fingerprint density at radius 3 is 2.85 bits per heavy atom. The highest BCUT2D eigenvalue weighted by Gasteiger charge is 2.15. The Kier molecular flexibility index (Phi) is 6.45. The molecule has 7 nitrogen and oxygen atoms in total. The van der Waals surface area contributed by atoms with Crippen molar-refractivity contribution in [2.75, 3.05) is 31.6 Å². The van der Waals surface area contributed by atoms with E-state index in [-0.39, 0.29) is 25.0 Å². The minimum atomic E-state index is -0.376. The summed E-state index contributed by atoms with van der Waals surface area (Å²) in [4.78, 5) is 24.9. The van der Waals surface area contributed by atoms with Gasteiger partial charge in [-0.25, -0.2) is 0 Å². The second kappa shape index (κ2) is 8.11. The van der Waals surface area contributed by atoms with Crippen molar-refractivity contribution < 1.29 is 18.8 Å². The van der Waals surface area contributed by atoms with Gasteiger partial charge in [-0.1, -0.05) is 11.2 Å². The molecule has 0 aliphatic rings. The van der Waals surface area contributed by atoms with E-state index in [2.05, 4.69) is 17.1 Å². The fourth-order valence-electron chi connectivity index (χ4n) is 1.57. The first kappa shape index (κ1) is 15.9. The van der Waals surface area contributed by atoms with Crippen LogP contribution in [0, 0.1) is 6.92 Å². The van der Waals surface area contributed by atoms with E-state index in [0.717, 1.165) is 0 Å². The fourth-order valence-corrected chi connectivity index (χ4v) is 1.57. The van der Waals surface area contributed by atoms with Gasteiger partial charge in [0.15, 0.2) is 5.82 Å². The lowest BCUT2D eigenvalue weighted by atomic mass is 10.4. The molecule has 0 saturated heterocycles. The molecule has 0 radical (unpaired) electrons. The number of anilines is 1. The molecule has 0 atom stereocenters. The summed E-state index contributed by atoms with van der Waals surface area (Å²) in [5.74, 6) is 0.292. The summed E-state index contributed by atoms with van der Waals surface area (Å²) in [6, 6.07) is 1.61. The Hall–Kier alpha value is -2.15. The Morgan fingerprint density at radius 2 is 2.30 bits per heavy atom. The van der Waals surface area contributed by atoms with Crippen LogP contribution in [0.2, 0.25) is 0 Å². The van der Waals surface area contributed by atoms with E-state index in [1.54, 1.807) is 30.9 Å². The standard InChI is InChI=1S/C13H19N3O4/c1-4-6-16(9-13(18)19-5-2)8-12(17)14-11-7-10(3)20-15-11/h4,7H,1,5-6,8-9H2,2-3H3,(H,14,15,17). The Bertz CT molecular complexity index is 470. The third-order valence-corrected chi connectivity index (χ3v) is 2.31. The number of hydrogen-bond acceptors (Lipinski definition) is 6. The van der Waals surface area contributed by atoms with Crippen molar-refractivity contribution in [3.05, 3.63) is 24.5 Å². The van der Waals surface area contributed by atoms with Gasteiger partial charge >= 0.3 is 5.97 Å². The topological polar surface area (TPSA) is 84.7 Å². The zero-order chi connectivity index (χ0) is 15.0. The monoisotopic (exact) mass is 281 g/mol. The third-order valence-electron chi connectivity index (χ3n) is 2.31. The lowest BCUT2D eigenvalue weighted by Crippen LogP contribution is -2.37. The highest BCUT2D eigenvalue weighted by Crippen LogP contribution is 2.06. The number of aromatic nitrogens is 1. The number of rotatable bonds is 8. The molecule has 0 aromatic carbocycles. The van der Waals surface area contributed by atoms with Gasteiger partial charge in [-0.2, -0.15) is 0 Å². The zero-order valence-electron chi connectivity index (χ0n) is 11.7. The summed E-state index contributed by atoms with van der Waals surface area (Å²) in [6.07, 6.45) is 1.62. The van der Waals surface area contributed by atoms with Crippen LogP contribution >= 0.6 is 0 Å². The smallest absolute Gasteiger partial charge is 0.320 e. The van der Waals surface area contributed by atoms with Gasteiger partial charge in [-0.05, 0) is 13.8 Å². The van der Waals surface area contributed by atoms with Crippen LogP contribution in [0.4, 0.5) is 5.82 Å². The van der Waals surface area contributed by atoms with Crippen molar-refractivity contribution in [3.63, 3.8) is 0 Å². The maximum Gasteiger partial charge on any atom is 0.320 e. The summed E-state index contributed by atoms with van der Waals surface area (Å²) in [6.45, 7) is 7.85. The Balaban J connectivity index is 2.49. The number of amides is 1. The summed E-state index contributed by atoms with van der Waals surface area (Å²) < 4.78 is 9.69. The first-order chi connectivity index (χ1) is 9.55. The highest BCUT2D eigenvalue weighted by molar-refractivity contribution is 5.91. The van der Waals surface area contributed by atoms with Crippen LogP contribution in [0.25, 0.3) is 0 Å². The molecule has 0 aliphatic carbocycles. The molecule has 0 saturated carbocycles. The van der Waals surface area contributed by atoms with Crippen molar-refractivity contribution >= 4 is 17.7 Å². The van der Waals surface area contributed by atoms with Crippen LogP contribution in [0.3, 0.4) is 0 Å².